The minimum atomic E-state index is -1.88. The molecular formula is C9H6ClFO5. The number of carbonyl (C=O) groups excluding carboxylic acids is 1. The van der Waals surface area contributed by atoms with Gasteiger partial charge in [-0.05, 0) is 0 Å². The second kappa shape index (κ2) is 4.36. The van der Waals surface area contributed by atoms with Crippen LogP contribution in [0.1, 0.15) is 10.4 Å². The van der Waals surface area contributed by atoms with E-state index in [0.29, 0.717) is 0 Å². The maximum absolute atomic E-state index is 13.4. The Morgan fingerprint density at radius 1 is 1.50 bits per heavy atom. The van der Waals surface area contributed by atoms with Crippen molar-refractivity contribution in [3.63, 3.8) is 0 Å². The first-order valence-electron chi connectivity index (χ1n) is 3.92. The third-order valence-electron chi connectivity index (χ3n) is 1.78. The van der Waals surface area contributed by atoms with E-state index >= 15 is 0 Å². The average molecular weight is 249 g/mol. The summed E-state index contributed by atoms with van der Waals surface area (Å²) in [5.74, 6) is -5.84. The van der Waals surface area contributed by atoms with Gasteiger partial charge in [-0.1, -0.05) is 11.6 Å². The number of carboxylic acid groups (broad SMARTS) is 1. The fourth-order valence-electron chi connectivity index (χ4n) is 1.11. The molecule has 0 fully saturated rings. The number of benzene rings is 1. The molecule has 7 heteroatoms. The topological polar surface area (TPSA) is 83.8 Å². The number of aliphatic carboxylic acids is 1. The number of carbonyl (C=O) groups is 2. The van der Waals surface area contributed by atoms with Gasteiger partial charge in [0.1, 0.15) is 5.56 Å². The number of rotatable bonds is 3. The van der Waals surface area contributed by atoms with Crippen LogP contribution in [-0.4, -0.2) is 29.1 Å². The van der Waals surface area contributed by atoms with Gasteiger partial charge in [-0.15, -0.1) is 0 Å². The second-order valence-electron chi connectivity index (χ2n) is 2.73. The van der Waals surface area contributed by atoms with E-state index in [1.807, 2.05) is 0 Å². The van der Waals surface area contributed by atoms with Gasteiger partial charge in [-0.25, -0.2) is 9.18 Å². The molecule has 0 unspecified atom stereocenters. The van der Waals surface area contributed by atoms with Crippen molar-refractivity contribution in [3.05, 3.63) is 22.5 Å². The molecule has 0 amide bonds. The molecule has 86 valence electrons. The molecule has 0 aliphatic heterocycles. The lowest BCUT2D eigenvalue weighted by molar-refractivity contribution is -0.131. The van der Waals surface area contributed by atoms with Gasteiger partial charge in [0.25, 0.3) is 5.78 Å². The average Bonchev–Trinajstić information content (AvgIpc) is 2.21. The van der Waals surface area contributed by atoms with Gasteiger partial charge in [0.15, 0.2) is 17.3 Å². The van der Waals surface area contributed by atoms with Gasteiger partial charge in [-0.2, -0.15) is 0 Å². The van der Waals surface area contributed by atoms with Gasteiger partial charge in [0, 0.05) is 6.07 Å². The zero-order valence-corrected chi connectivity index (χ0v) is 8.71. The van der Waals surface area contributed by atoms with E-state index in [9.17, 15) is 19.1 Å². The highest BCUT2D eigenvalue weighted by Crippen LogP contribution is 2.36. The van der Waals surface area contributed by atoms with Crippen LogP contribution in [0.25, 0.3) is 0 Å². The third kappa shape index (κ3) is 1.92. The molecule has 0 atom stereocenters. The van der Waals surface area contributed by atoms with E-state index in [0.717, 1.165) is 13.2 Å². The van der Waals surface area contributed by atoms with Crippen LogP contribution in [0.15, 0.2) is 6.07 Å². The van der Waals surface area contributed by atoms with Crippen LogP contribution in [0.4, 0.5) is 4.39 Å². The molecule has 2 N–H and O–H groups in total. The number of hydrogen-bond acceptors (Lipinski definition) is 4. The van der Waals surface area contributed by atoms with Crippen LogP contribution in [0, 0.1) is 5.82 Å². The number of halogens is 2. The van der Waals surface area contributed by atoms with E-state index in [1.54, 1.807) is 0 Å². The predicted octanol–water partition coefficient (Wildman–Crippen LogP) is 1.46. The SMILES string of the molecule is COc1c(O)cc(Cl)c(F)c1C(=O)C(=O)O. The van der Waals surface area contributed by atoms with E-state index in [1.165, 1.54) is 0 Å². The maximum Gasteiger partial charge on any atom is 0.377 e. The maximum atomic E-state index is 13.4. The van der Waals surface area contributed by atoms with Crippen LogP contribution >= 0.6 is 11.6 Å². The molecular weight excluding hydrogens is 243 g/mol. The summed E-state index contributed by atoms with van der Waals surface area (Å²) in [4.78, 5) is 21.6. The molecule has 0 saturated carbocycles. The zero-order chi connectivity index (χ0) is 12.5. The van der Waals surface area contributed by atoms with Crippen molar-refractivity contribution in [1.29, 1.82) is 0 Å². The molecule has 0 bridgehead atoms. The molecule has 5 nitrogen and oxygen atoms in total. The predicted molar refractivity (Wildman–Crippen MR) is 51.6 cm³/mol. The van der Waals surface area contributed by atoms with Crippen molar-refractivity contribution in [1.82, 2.24) is 0 Å². The number of ether oxygens (including phenoxy) is 1. The lowest BCUT2D eigenvalue weighted by Gasteiger charge is -2.09. The Morgan fingerprint density at radius 2 is 2.06 bits per heavy atom. The highest BCUT2D eigenvalue weighted by Gasteiger charge is 2.28. The Morgan fingerprint density at radius 3 is 2.50 bits per heavy atom. The van der Waals surface area contributed by atoms with Crippen LogP contribution < -0.4 is 4.74 Å². The van der Waals surface area contributed by atoms with E-state index < -0.39 is 39.7 Å². The van der Waals surface area contributed by atoms with E-state index in [-0.39, 0.29) is 0 Å². The number of phenolic OH excluding ortho intramolecular Hbond substituents is 1. The molecule has 0 saturated heterocycles. The number of ketones is 1. The Balaban J connectivity index is 3.57. The number of phenols is 1. The lowest BCUT2D eigenvalue weighted by Crippen LogP contribution is -2.16. The molecule has 1 aromatic rings. The first-order chi connectivity index (χ1) is 7.40. The third-order valence-corrected chi connectivity index (χ3v) is 2.05. The minimum Gasteiger partial charge on any atom is -0.504 e. The molecule has 0 heterocycles. The Kier molecular flexibility index (Phi) is 3.34. The Hall–Kier alpha value is -1.82. The van der Waals surface area contributed by atoms with Gasteiger partial charge < -0.3 is 14.9 Å². The smallest absolute Gasteiger partial charge is 0.377 e. The van der Waals surface area contributed by atoms with Gasteiger partial charge in [0.2, 0.25) is 0 Å². The number of hydrogen-bond donors (Lipinski definition) is 2. The molecule has 0 radical (unpaired) electrons. The lowest BCUT2D eigenvalue weighted by atomic mass is 10.1. The fourth-order valence-corrected chi connectivity index (χ4v) is 1.31. The monoisotopic (exact) mass is 248 g/mol. The largest absolute Gasteiger partial charge is 0.504 e. The van der Waals surface area contributed by atoms with Crippen molar-refractivity contribution in [2.24, 2.45) is 0 Å². The van der Waals surface area contributed by atoms with E-state index in [2.05, 4.69) is 4.74 Å². The van der Waals surface area contributed by atoms with Crippen molar-refractivity contribution in [2.75, 3.05) is 7.11 Å². The van der Waals surface area contributed by atoms with Crippen LogP contribution in [0.5, 0.6) is 11.5 Å². The number of aromatic hydroxyl groups is 1. The normalized spacial score (nSPS) is 9.94. The molecule has 0 aliphatic carbocycles. The highest BCUT2D eigenvalue weighted by atomic mass is 35.5. The fraction of sp³-hybridized carbons (Fsp3) is 0.111. The standard InChI is InChI=1S/C9H6ClFO5/c1-16-8-4(12)2-3(10)6(11)5(8)7(13)9(14)15/h2,12H,1H3,(H,14,15). The summed E-state index contributed by atoms with van der Waals surface area (Å²) in [7, 11) is 1.06. The summed E-state index contributed by atoms with van der Waals surface area (Å²) in [6.07, 6.45) is 0. The van der Waals surface area contributed by atoms with Crippen molar-refractivity contribution in [2.45, 2.75) is 0 Å². The molecule has 1 aromatic carbocycles. The van der Waals surface area contributed by atoms with Crippen molar-refractivity contribution >= 4 is 23.4 Å². The summed E-state index contributed by atoms with van der Waals surface area (Å²) < 4.78 is 18.0. The zero-order valence-electron chi connectivity index (χ0n) is 7.95. The van der Waals surface area contributed by atoms with Gasteiger partial charge >= 0.3 is 5.97 Å². The van der Waals surface area contributed by atoms with Crippen molar-refractivity contribution in [3.8, 4) is 11.5 Å². The van der Waals surface area contributed by atoms with Gasteiger partial charge in [0.05, 0.1) is 12.1 Å². The molecule has 1 rings (SSSR count). The summed E-state index contributed by atoms with van der Waals surface area (Å²) in [6.45, 7) is 0. The highest BCUT2D eigenvalue weighted by molar-refractivity contribution is 6.41. The summed E-state index contributed by atoms with van der Waals surface area (Å²) in [5, 5.41) is 17.2. The van der Waals surface area contributed by atoms with Crippen molar-refractivity contribution < 1.29 is 28.9 Å². The number of carboxylic acids is 1. The molecule has 0 spiro atoms. The summed E-state index contributed by atoms with van der Waals surface area (Å²) >= 11 is 5.36. The summed E-state index contributed by atoms with van der Waals surface area (Å²) in [6, 6.07) is 0.814. The quantitative estimate of drug-likeness (QED) is 0.625. The van der Waals surface area contributed by atoms with Crippen LogP contribution in [0.3, 0.4) is 0 Å². The van der Waals surface area contributed by atoms with Crippen LogP contribution in [-0.2, 0) is 4.79 Å². The number of Topliss-reactive ketones (excluding diaryl/α,β-unsaturated/α-hetero) is 1. The first-order valence-corrected chi connectivity index (χ1v) is 4.30. The minimum absolute atomic E-state index is 0.561. The second-order valence-corrected chi connectivity index (χ2v) is 3.14. The van der Waals surface area contributed by atoms with E-state index in [4.69, 9.17) is 16.7 Å². The number of methoxy groups -OCH3 is 1. The first kappa shape index (κ1) is 12.3. The Labute approximate surface area is 94.0 Å². The Bertz CT molecular complexity index is 471. The molecule has 0 aliphatic rings. The molecule has 16 heavy (non-hydrogen) atoms. The summed E-state index contributed by atoms with van der Waals surface area (Å²) in [5.41, 5.74) is -0.903. The van der Waals surface area contributed by atoms with Gasteiger partial charge in [-0.3, -0.25) is 4.79 Å². The van der Waals surface area contributed by atoms with Crippen LogP contribution in [0.2, 0.25) is 5.02 Å². The molecule has 0 aromatic heterocycles.